The highest BCUT2D eigenvalue weighted by Gasteiger charge is 2.34. The summed E-state index contributed by atoms with van der Waals surface area (Å²) in [6, 6.07) is 17.0. The van der Waals surface area contributed by atoms with Gasteiger partial charge in [-0.15, -0.1) is 0 Å². The zero-order chi connectivity index (χ0) is 29.4. The van der Waals surface area contributed by atoms with Gasteiger partial charge in [0.15, 0.2) is 0 Å². The lowest BCUT2D eigenvalue weighted by molar-refractivity contribution is -0.139. The molecule has 0 heterocycles. The largest absolute Gasteiger partial charge is 0.497 e. The molecule has 3 aromatic carbocycles. The van der Waals surface area contributed by atoms with Gasteiger partial charge in [-0.25, -0.2) is 8.42 Å². The fraction of sp³-hybridized carbons (Fsp3) is 0.310. The average Bonchev–Trinajstić information content (AvgIpc) is 2.94. The molecule has 0 saturated carbocycles. The first-order chi connectivity index (χ1) is 19.0. The van der Waals surface area contributed by atoms with E-state index in [4.69, 9.17) is 21.1 Å². The van der Waals surface area contributed by atoms with Crippen LogP contribution in [0.4, 0.5) is 5.69 Å². The van der Waals surface area contributed by atoms with Crippen molar-refractivity contribution in [3.63, 3.8) is 0 Å². The molecule has 0 aliphatic carbocycles. The van der Waals surface area contributed by atoms with Crippen molar-refractivity contribution in [1.82, 2.24) is 10.2 Å². The van der Waals surface area contributed by atoms with Crippen LogP contribution in [0, 0.1) is 6.92 Å². The van der Waals surface area contributed by atoms with Gasteiger partial charge in [0.25, 0.3) is 10.0 Å². The molecule has 0 aliphatic rings. The molecule has 40 heavy (non-hydrogen) atoms. The Morgan fingerprint density at radius 2 is 1.68 bits per heavy atom. The lowest BCUT2D eigenvalue weighted by Crippen LogP contribution is -2.51. The Morgan fingerprint density at radius 3 is 2.27 bits per heavy atom. The molecule has 0 spiro atoms. The lowest BCUT2D eigenvalue weighted by Gasteiger charge is -2.32. The Balaban J connectivity index is 2.13. The predicted octanol–water partition coefficient (Wildman–Crippen LogP) is 4.41. The fourth-order valence-corrected chi connectivity index (χ4v) is 5.67. The zero-order valence-electron chi connectivity index (χ0n) is 23.2. The summed E-state index contributed by atoms with van der Waals surface area (Å²) in [5.74, 6) is -0.399. The minimum atomic E-state index is -4.27. The Kier molecular flexibility index (Phi) is 10.4. The van der Waals surface area contributed by atoms with Crippen LogP contribution in [0.1, 0.15) is 25.0 Å². The smallest absolute Gasteiger partial charge is 0.264 e. The zero-order valence-corrected chi connectivity index (χ0v) is 24.8. The maximum absolute atomic E-state index is 14.0. The van der Waals surface area contributed by atoms with Crippen molar-refractivity contribution in [3.05, 3.63) is 82.9 Å². The number of halogens is 1. The predicted molar refractivity (Wildman–Crippen MR) is 155 cm³/mol. The van der Waals surface area contributed by atoms with E-state index in [1.54, 1.807) is 62.4 Å². The standard InChI is InChI=1S/C29H34ClN3O6S/c1-6-31-29(35)21(3)32(18-22-9-7-8-10-25(22)30)28(34)19-33(26-17-23(38-4)13-16-27(26)39-5)40(36,37)24-14-11-20(2)12-15-24/h7-17,21H,6,18-19H2,1-5H3,(H,31,35)/t21-/m1/s1. The quantitative estimate of drug-likeness (QED) is 0.336. The molecular formula is C29H34ClN3O6S. The van der Waals surface area contributed by atoms with E-state index >= 15 is 0 Å². The van der Waals surface area contributed by atoms with Crippen LogP contribution in [0.3, 0.4) is 0 Å². The molecule has 3 aromatic rings. The highest BCUT2D eigenvalue weighted by Crippen LogP contribution is 2.36. The van der Waals surface area contributed by atoms with Crippen LogP contribution < -0.4 is 19.1 Å². The SMILES string of the molecule is CCNC(=O)[C@@H](C)N(Cc1ccccc1Cl)C(=O)CN(c1cc(OC)ccc1OC)S(=O)(=O)c1ccc(C)cc1. The van der Waals surface area contributed by atoms with Gasteiger partial charge in [0.1, 0.15) is 24.1 Å². The molecule has 2 amide bonds. The van der Waals surface area contributed by atoms with Crippen LogP contribution in [0.2, 0.25) is 5.02 Å². The van der Waals surface area contributed by atoms with Crippen LogP contribution in [0.15, 0.2) is 71.6 Å². The first-order valence-corrected chi connectivity index (χ1v) is 14.5. The summed E-state index contributed by atoms with van der Waals surface area (Å²) in [6.45, 7) is 4.95. The van der Waals surface area contributed by atoms with Crippen LogP contribution >= 0.6 is 11.6 Å². The summed E-state index contributed by atoms with van der Waals surface area (Å²) in [6.07, 6.45) is 0. The molecule has 0 radical (unpaired) electrons. The number of likely N-dealkylation sites (N-methyl/N-ethyl adjacent to an activating group) is 1. The van der Waals surface area contributed by atoms with Crippen LogP contribution in [-0.2, 0) is 26.2 Å². The van der Waals surface area contributed by atoms with Crippen molar-refractivity contribution in [2.24, 2.45) is 0 Å². The monoisotopic (exact) mass is 587 g/mol. The van der Waals surface area contributed by atoms with E-state index in [1.807, 2.05) is 6.92 Å². The van der Waals surface area contributed by atoms with E-state index in [1.165, 1.54) is 37.3 Å². The topological polar surface area (TPSA) is 105 Å². The summed E-state index contributed by atoms with van der Waals surface area (Å²) in [7, 11) is -1.41. The van der Waals surface area contributed by atoms with Crippen molar-refractivity contribution in [3.8, 4) is 11.5 Å². The summed E-state index contributed by atoms with van der Waals surface area (Å²) in [5, 5.41) is 3.15. The number of sulfonamides is 1. The molecule has 0 fully saturated rings. The van der Waals surface area contributed by atoms with Gasteiger partial charge in [0.2, 0.25) is 11.8 Å². The number of amides is 2. The van der Waals surface area contributed by atoms with Crippen molar-refractivity contribution in [2.45, 2.75) is 38.3 Å². The number of hydrogen-bond donors (Lipinski definition) is 1. The van der Waals surface area contributed by atoms with E-state index in [0.717, 1.165) is 9.87 Å². The highest BCUT2D eigenvalue weighted by atomic mass is 35.5. The number of aryl methyl sites for hydroxylation is 1. The maximum Gasteiger partial charge on any atom is 0.264 e. The van der Waals surface area contributed by atoms with Crippen LogP contribution in [-0.4, -0.2) is 58.5 Å². The fourth-order valence-electron chi connectivity index (χ4n) is 4.06. The number of rotatable bonds is 12. The van der Waals surface area contributed by atoms with Crippen LogP contribution in [0.5, 0.6) is 11.5 Å². The Hall–Kier alpha value is -3.76. The molecule has 11 heteroatoms. The first-order valence-electron chi connectivity index (χ1n) is 12.7. The minimum absolute atomic E-state index is 0.00907. The second-order valence-corrected chi connectivity index (χ2v) is 11.3. The second-order valence-electron chi connectivity index (χ2n) is 9.05. The van der Waals surface area contributed by atoms with E-state index in [2.05, 4.69) is 5.32 Å². The summed E-state index contributed by atoms with van der Waals surface area (Å²) in [5.41, 5.74) is 1.60. The number of methoxy groups -OCH3 is 2. The van der Waals surface area contributed by atoms with Crippen molar-refractivity contribution >= 4 is 39.1 Å². The molecule has 214 valence electrons. The van der Waals surface area contributed by atoms with E-state index in [9.17, 15) is 18.0 Å². The molecule has 0 aliphatic heterocycles. The minimum Gasteiger partial charge on any atom is -0.497 e. The van der Waals surface area contributed by atoms with Crippen molar-refractivity contribution < 1.29 is 27.5 Å². The van der Waals surface area contributed by atoms with E-state index in [-0.39, 0.29) is 28.8 Å². The van der Waals surface area contributed by atoms with Gasteiger partial charge >= 0.3 is 0 Å². The third-order valence-corrected chi connectivity index (χ3v) is 8.50. The third-order valence-electron chi connectivity index (χ3n) is 6.36. The number of benzene rings is 3. The number of carbonyl (C=O) groups excluding carboxylic acids is 2. The molecule has 0 unspecified atom stereocenters. The number of nitrogens with one attached hydrogen (secondary N) is 1. The molecule has 1 atom stereocenters. The maximum atomic E-state index is 14.0. The molecule has 0 saturated heterocycles. The summed E-state index contributed by atoms with van der Waals surface area (Å²) >= 11 is 6.38. The molecule has 3 rings (SSSR count). The van der Waals surface area contributed by atoms with Gasteiger partial charge < -0.3 is 19.7 Å². The Morgan fingerprint density at radius 1 is 1.00 bits per heavy atom. The second kappa shape index (κ2) is 13.5. The average molecular weight is 588 g/mol. The van der Waals surface area contributed by atoms with Gasteiger partial charge in [0, 0.05) is 24.2 Å². The van der Waals surface area contributed by atoms with Crippen molar-refractivity contribution in [1.29, 1.82) is 0 Å². The van der Waals surface area contributed by atoms with E-state index in [0.29, 0.717) is 22.9 Å². The van der Waals surface area contributed by atoms with Gasteiger partial charge in [-0.3, -0.25) is 13.9 Å². The summed E-state index contributed by atoms with van der Waals surface area (Å²) in [4.78, 5) is 28.2. The third kappa shape index (κ3) is 7.05. The number of hydrogen-bond acceptors (Lipinski definition) is 6. The normalized spacial score (nSPS) is 11.8. The summed E-state index contributed by atoms with van der Waals surface area (Å²) < 4.78 is 39.9. The molecule has 0 aromatic heterocycles. The number of carbonyl (C=O) groups is 2. The molecule has 9 nitrogen and oxygen atoms in total. The number of ether oxygens (including phenoxy) is 2. The number of anilines is 1. The Labute approximate surface area is 240 Å². The van der Waals surface area contributed by atoms with Gasteiger partial charge in [-0.2, -0.15) is 0 Å². The van der Waals surface area contributed by atoms with E-state index < -0.39 is 28.5 Å². The van der Waals surface area contributed by atoms with Gasteiger partial charge in [-0.1, -0.05) is 47.5 Å². The van der Waals surface area contributed by atoms with Crippen LogP contribution in [0.25, 0.3) is 0 Å². The number of nitrogens with zero attached hydrogens (tertiary/aromatic N) is 2. The highest BCUT2D eigenvalue weighted by molar-refractivity contribution is 7.92. The lowest BCUT2D eigenvalue weighted by atomic mass is 10.1. The van der Waals surface area contributed by atoms with Gasteiger partial charge in [0.05, 0.1) is 24.8 Å². The molecule has 1 N–H and O–H groups in total. The van der Waals surface area contributed by atoms with Crippen molar-refractivity contribution in [2.75, 3.05) is 31.6 Å². The Bertz CT molecular complexity index is 1450. The molecular weight excluding hydrogens is 554 g/mol. The molecule has 0 bridgehead atoms. The van der Waals surface area contributed by atoms with Gasteiger partial charge in [-0.05, 0) is 56.7 Å². The first kappa shape index (κ1) is 30.8.